The summed E-state index contributed by atoms with van der Waals surface area (Å²) in [6.45, 7) is 6.22. The van der Waals surface area contributed by atoms with Crippen molar-refractivity contribution in [3.63, 3.8) is 0 Å². The molecule has 0 radical (unpaired) electrons. The van der Waals surface area contributed by atoms with Crippen LogP contribution in [0.3, 0.4) is 0 Å². The number of nitrogens with one attached hydrogen (secondary N) is 3. The van der Waals surface area contributed by atoms with Crippen LogP contribution >= 0.6 is 0 Å². The molecule has 0 saturated carbocycles. The van der Waals surface area contributed by atoms with Gasteiger partial charge in [-0.25, -0.2) is 19.3 Å². The number of amides is 4. The fourth-order valence-corrected chi connectivity index (χ4v) is 2.84. The van der Waals surface area contributed by atoms with Gasteiger partial charge in [-0.05, 0) is 31.5 Å². The second-order valence-electron chi connectivity index (χ2n) is 6.02. The quantitative estimate of drug-likeness (QED) is 0.726. The van der Waals surface area contributed by atoms with E-state index < -0.39 is 0 Å². The Hall–Kier alpha value is -3.10. The van der Waals surface area contributed by atoms with Gasteiger partial charge in [-0.15, -0.1) is 0 Å². The summed E-state index contributed by atoms with van der Waals surface area (Å²) in [7, 11) is 0. The van der Waals surface area contributed by atoms with Crippen LogP contribution in [-0.4, -0.2) is 39.9 Å². The Morgan fingerprint density at radius 2 is 2.12 bits per heavy atom. The van der Waals surface area contributed by atoms with Gasteiger partial charge in [0.2, 0.25) is 0 Å². The number of carbonyl (C=O) groups is 2. The lowest BCUT2D eigenvalue weighted by atomic mass is 10.1. The number of aryl methyl sites for hydroxylation is 1. The molecule has 1 saturated heterocycles. The lowest BCUT2D eigenvalue weighted by molar-refractivity contribution is 0.237. The molecule has 9 nitrogen and oxygen atoms in total. The van der Waals surface area contributed by atoms with Crippen LogP contribution in [0.25, 0.3) is 0 Å². The van der Waals surface area contributed by atoms with Crippen LogP contribution in [0, 0.1) is 0 Å². The molecule has 0 aliphatic carbocycles. The number of carbonyl (C=O) groups excluding carboxylic acids is 2. The summed E-state index contributed by atoms with van der Waals surface area (Å²) < 4.78 is 1.73. The molecule has 1 unspecified atom stereocenters. The molecule has 1 aromatic carbocycles. The van der Waals surface area contributed by atoms with E-state index in [1.807, 2.05) is 38.1 Å². The molecule has 1 fully saturated rings. The lowest BCUT2D eigenvalue weighted by Crippen LogP contribution is -2.37. The van der Waals surface area contributed by atoms with E-state index in [-0.39, 0.29) is 18.1 Å². The number of rotatable bonds is 6. The Kier molecular flexibility index (Phi) is 5.35. The third-order valence-corrected chi connectivity index (χ3v) is 4.31. The van der Waals surface area contributed by atoms with Crippen molar-refractivity contribution < 1.29 is 9.59 Å². The zero-order chi connectivity index (χ0) is 18.5. The van der Waals surface area contributed by atoms with Gasteiger partial charge in [0.1, 0.15) is 12.2 Å². The summed E-state index contributed by atoms with van der Waals surface area (Å²) in [4.78, 5) is 29.6. The number of nitrogens with zero attached hydrogens (tertiary/aromatic N) is 4. The first kappa shape index (κ1) is 17.7. The molecule has 2 aromatic rings. The second kappa shape index (κ2) is 7.85. The fourth-order valence-electron chi connectivity index (χ4n) is 2.84. The Bertz CT molecular complexity index is 772. The van der Waals surface area contributed by atoms with Crippen molar-refractivity contribution in [2.75, 3.05) is 18.0 Å². The molecular formula is C17H23N7O2. The number of hydrogen-bond donors (Lipinski definition) is 3. The summed E-state index contributed by atoms with van der Waals surface area (Å²) in [5.74, 6) is 0.712. The SMILES string of the molecule is CCn1ncnc1CNC(=O)NC(C)c1ccc(N2CCNC2=O)cc1. The van der Waals surface area contributed by atoms with Gasteiger partial charge >= 0.3 is 12.1 Å². The van der Waals surface area contributed by atoms with Crippen molar-refractivity contribution >= 4 is 17.7 Å². The number of benzene rings is 1. The predicted octanol–water partition coefficient (Wildman–Crippen LogP) is 1.39. The molecule has 1 aliphatic rings. The molecule has 1 aromatic heterocycles. The van der Waals surface area contributed by atoms with Crippen LogP contribution in [0.5, 0.6) is 0 Å². The van der Waals surface area contributed by atoms with E-state index in [2.05, 4.69) is 26.0 Å². The maximum Gasteiger partial charge on any atom is 0.321 e. The van der Waals surface area contributed by atoms with E-state index >= 15 is 0 Å². The van der Waals surface area contributed by atoms with E-state index in [0.717, 1.165) is 11.3 Å². The monoisotopic (exact) mass is 357 g/mol. The minimum atomic E-state index is -0.272. The summed E-state index contributed by atoms with van der Waals surface area (Å²) in [5.41, 5.74) is 1.81. The molecular weight excluding hydrogens is 334 g/mol. The predicted molar refractivity (Wildman–Crippen MR) is 96.7 cm³/mol. The number of urea groups is 2. The van der Waals surface area contributed by atoms with E-state index in [1.165, 1.54) is 6.33 Å². The Morgan fingerprint density at radius 3 is 2.77 bits per heavy atom. The first-order valence-corrected chi connectivity index (χ1v) is 8.65. The molecule has 9 heteroatoms. The number of anilines is 1. The molecule has 1 atom stereocenters. The van der Waals surface area contributed by atoms with Crippen LogP contribution < -0.4 is 20.9 Å². The molecule has 1 aliphatic heterocycles. The van der Waals surface area contributed by atoms with Crippen LogP contribution in [0.2, 0.25) is 0 Å². The lowest BCUT2D eigenvalue weighted by Gasteiger charge is -2.18. The molecule has 4 amide bonds. The summed E-state index contributed by atoms with van der Waals surface area (Å²) >= 11 is 0. The topological polar surface area (TPSA) is 104 Å². The van der Waals surface area contributed by atoms with E-state index in [4.69, 9.17) is 0 Å². The van der Waals surface area contributed by atoms with Gasteiger partial charge < -0.3 is 16.0 Å². The van der Waals surface area contributed by atoms with Crippen molar-refractivity contribution in [2.45, 2.75) is 33.0 Å². The minimum absolute atomic E-state index is 0.0803. The molecule has 26 heavy (non-hydrogen) atoms. The van der Waals surface area contributed by atoms with Crippen LogP contribution in [0.4, 0.5) is 15.3 Å². The third kappa shape index (κ3) is 3.93. The van der Waals surface area contributed by atoms with Crippen molar-refractivity contribution in [3.8, 4) is 0 Å². The molecule has 3 rings (SSSR count). The molecule has 138 valence electrons. The standard InChI is InChI=1S/C17H23N7O2/c1-3-24-15(20-11-21-24)10-19-16(25)22-12(2)13-4-6-14(7-5-13)23-9-8-18-17(23)26/h4-7,11-12H,3,8-10H2,1-2H3,(H,18,26)(H2,19,22,25). The first-order valence-electron chi connectivity index (χ1n) is 8.65. The Morgan fingerprint density at radius 1 is 1.35 bits per heavy atom. The zero-order valence-corrected chi connectivity index (χ0v) is 14.9. The average molecular weight is 357 g/mol. The third-order valence-electron chi connectivity index (χ3n) is 4.31. The average Bonchev–Trinajstić information content (AvgIpc) is 3.28. The van der Waals surface area contributed by atoms with E-state index in [9.17, 15) is 9.59 Å². The zero-order valence-electron chi connectivity index (χ0n) is 14.9. The summed E-state index contributed by atoms with van der Waals surface area (Å²) in [6.07, 6.45) is 1.48. The largest absolute Gasteiger partial charge is 0.336 e. The maximum absolute atomic E-state index is 12.1. The molecule has 3 N–H and O–H groups in total. The maximum atomic E-state index is 12.1. The highest BCUT2D eigenvalue weighted by Crippen LogP contribution is 2.20. The molecule has 0 spiro atoms. The van der Waals surface area contributed by atoms with Crippen molar-refractivity contribution in [1.82, 2.24) is 30.7 Å². The van der Waals surface area contributed by atoms with Gasteiger partial charge in [0.15, 0.2) is 0 Å². The van der Waals surface area contributed by atoms with E-state index in [0.29, 0.717) is 32.0 Å². The molecule has 2 heterocycles. The first-order chi connectivity index (χ1) is 12.6. The number of aromatic nitrogens is 3. The summed E-state index contributed by atoms with van der Waals surface area (Å²) in [6, 6.07) is 7.09. The van der Waals surface area contributed by atoms with Crippen LogP contribution in [0.1, 0.15) is 31.3 Å². The van der Waals surface area contributed by atoms with Gasteiger partial charge in [-0.3, -0.25) is 4.90 Å². The Labute approximate surface area is 151 Å². The minimum Gasteiger partial charge on any atom is -0.336 e. The van der Waals surface area contributed by atoms with E-state index in [1.54, 1.807) is 9.58 Å². The second-order valence-corrected chi connectivity index (χ2v) is 6.02. The van der Waals surface area contributed by atoms with Crippen LogP contribution in [0.15, 0.2) is 30.6 Å². The van der Waals surface area contributed by atoms with Gasteiger partial charge in [0.05, 0.1) is 12.6 Å². The van der Waals surface area contributed by atoms with Gasteiger partial charge in [0, 0.05) is 25.3 Å². The highest BCUT2D eigenvalue weighted by atomic mass is 16.2. The van der Waals surface area contributed by atoms with Crippen molar-refractivity contribution in [2.24, 2.45) is 0 Å². The van der Waals surface area contributed by atoms with Crippen molar-refractivity contribution in [3.05, 3.63) is 42.0 Å². The van der Waals surface area contributed by atoms with Crippen LogP contribution in [-0.2, 0) is 13.1 Å². The Balaban J connectivity index is 1.53. The van der Waals surface area contributed by atoms with Crippen molar-refractivity contribution in [1.29, 1.82) is 0 Å². The van der Waals surface area contributed by atoms with Gasteiger partial charge in [0.25, 0.3) is 0 Å². The highest BCUT2D eigenvalue weighted by Gasteiger charge is 2.21. The van der Waals surface area contributed by atoms with Gasteiger partial charge in [-0.2, -0.15) is 5.10 Å². The molecule has 0 bridgehead atoms. The summed E-state index contributed by atoms with van der Waals surface area (Å²) in [5, 5.41) is 12.5. The highest BCUT2D eigenvalue weighted by molar-refractivity contribution is 5.94. The normalized spacial score (nSPS) is 14.8. The smallest absolute Gasteiger partial charge is 0.321 e. The fraction of sp³-hybridized carbons (Fsp3) is 0.412. The van der Waals surface area contributed by atoms with Gasteiger partial charge in [-0.1, -0.05) is 12.1 Å². The number of hydrogen-bond acceptors (Lipinski definition) is 4.